The number of likely N-dealkylation sites (tertiary alicyclic amines) is 2. The summed E-state index contributed by atoms with van der Waals surface area (Å²) < 4.78 is 4.51. The second-order valence-electron chi connectivity index (χ2n) is 13.4. The van der Waals surface area contributed by atoms with Gasteiger partial charge in [0, 0.05) is 49.7 Å². The Morgan fingerprint density at radius 1 is 0.658 bits per heavy atom. The van der Waals surface area contributed by atoms with Crippen LogP contribution in [0.15, 0.2) is 25.0 Å². The third-order valence-electron chi connectivity index (χ3n) is 7.90. The standard InChI is InChI=1S/2C15H27N3.2CH4/c2*1-13-9-17(12-16-13)10-14-7-5-6-8-18(11-14)15(2,3)4;;/h2*9,12,14H,5-8,10-11H2,1-4H3;2*1H4. The van der Waals surface area contributed by atoms with Crippen molar-refractivity contribution >= 4 is 0 Å². The summed E-state index contributed by atoms with van der Waals surface area (Å²) in [5, 5.41) is 0. The first-order chi connectivity index (χ1) is 16.9. The summed E-state index contributed by atoms with van der Waals surface area (Å²) in [4.78, 5) is 13.9. The van der Waals surface area contributed by atoms with Gasteiger partial charge in [-0.15, -0.1) is 0 Å². The molecule has 2 fully saturated rings. The number of hydrogen-bond donors (Lipinski definition) is 0. The molecule has 2 aliphatic rings. The normalized spacial score (nSPS) is 21.8. The molecule has 0 saturated carbocycles. The first kappa shape index (κ1) is 34.4. The average Bonchev–Trinajstić information content (AvgIpc) is 3.17. The van der Waals surface area contributed by atoms with Crippen molar-refractivity contribution in [2.45, 2.75) is 133 Å². The molecule has 0 spiro atoms. The third kappa shape index (κ3) is 11.2. The van der Waals surface area contributed by atoms with Crippen LogP contribution in [0.2, 0.25) is 0 Å². The average molecular weight is 531 g/mol. The van der Waals surface area contributed by atoms with Crippen LogP contribution < -0.4 is 0 Å². The van der Waals surface area contributed by atoms with Crippen LogP contribution in [0.4, 0.5) is 0 Å². The molecule has 2 aromatic heterocycles. The van der Waals surface area contributed by atoms with Crippen molar-refractivity contribution in [3.8, 4) is 0 Å². The molecule has 0 radical (unpaired) electrons. The summed E-state index contributed by atoms with van der Waals surface area (Å²) in [6, 6.07) is 0. The zero-order valence-electron chi connectivity index (χ0n) is 24.6. The second kappa shape index (κ2) is 15.2. The lowest BCUT2D eigenvalue weighted by Gasteiger charge is -2.36. The highest BCUT2D eigenvalue weighted by atomic mass is 15.2. The van der Waals surface area contributed by atoms with E-state index in [-0.39, 0.29) is 14.9 Å². The van der Waals surface area contributed by atoms with Crippen LogP contribution in [0.5, 0.6) is 0 Å². The largest absolute Gasteiger partial charge is 0.337 e. The Morgan fingerprint density at radius 2 is 1.03 bits per heavy atom. The molecule has 2 aromatic rings. The Kier molecular flexibility index (Phi) is 13.8. The first-order valence-corrected chi connectivity index (χ1v) is 14.4. The van der Waals surface area contributed by atoms with Gasteiger partial charge in [0.2, 0.25) is 0 Å². The molecule has 2 atom stereocenters. The van der Waals surface area contributed by atoms with Crippen molar-refractivity contribution in [1.29, 1.82) is 0 Å². The highest BCUT2D eigenvalue weighted by Gasteiger charge is 2.27. The van der Waals surface area contributed by atoms with Crippen LogP contribution in [0.25, 0.3) is 0 Å². The SMILES string of the molecule is C.C.Cc1cn(CC2CCCCN(C(C)(C)C)C2)cn1.Cc1cn(CC2CCCCN(C(C)(C)C)C2)cn1. The van der Waals surface area contributed by atoms with Gasteiger partial charge in [0.1, 0.15) is 0 Å². The summed E-state index contributed by atoms with van der Waals surface area (Å²) >= 11 is 0. The maximum atomic E-state index is 4.32. The molecule has 2 aliphatic heterocycles. The summed E-state index contributed by atoms with van der Waals surface area (Å²) in [6.45, 7) is 25.3. The molecule has 0 bridgehead atoms. The molecule has 0 aromatic carbocycles. The predicted molar refractivity (Wildman–Crippen MR) is 165 cm³/mol. The van der Waals surface area contributed by atoms with Crippen LogP contribution in [-0.2, 0) is 13.1 Å². The maximum Gasteiger partial charge on any atom is 0.0949 e. The van der Waals surface area contributed by atoms with Crippen LogP contribution in [0, 0.1) is 25.7 Å². The van der Waals surface area contributed by atoms with Gasteiger partial charge in [-0.25, -0.2) is 9.97 Å². The maximum absolute atomic E-state index is 4.32. The smallest absolute Gasteiger partial charge is 0.0949 e. The number of aryl methyl sites for hydroxylation is 2. The monoisotopic (exact) mass is 531 g/mol. The third-order valence-corrected chi connectivity index (χ3v) is 7.90. The van der Waals surface area contributed by atoms with Crippen molar-refractivity contribution < 1.29 is 0 Å². The molecule has 0 amide bonds. The molecule has 220 valence electrons. The van der Waals surface area contributed by atoms with Crippen molar-refractivity contribution in [3.05, 3.63) is 36.4 Å². The summed E-state index contributed by atoms with van der Waals surface area (Å²) in [5.74, 6) is 1.53. The van der Waals surface area contributed by atoms with Crippen molar-refractivity contribution in [3.63, 3.8) is 0 Å². The van der Waals surface area contributed by atoms with Gasteiger partial charge in [-0.05, 0) is 106 Å². The van der Waals surface area contributed by atoms with E-state index >= 15 is 0 Å². The number of rotatable bonds is 4. The fourth-order valence-corrected chi connectivity index (χ4v) is 5.72. The summed E-state index contributed by atoms with van der Waals surface area (Å²) in [7, 11) is 0. The van der Waals surface area contributed by atoms with E-state index in [0.29, 0.717) is 11.1 Å². The van der Waals surface area contributed by atoms with E-state index in [1.807, 2.05) is 12.7 Å². The topological polar surface area (TPSA) is 42.1 Å². The zero-order chi connectivity index (χ0) is 26.3. The molecule has 6 nitrogen and oxygen atoms in total. The number of hydrogen-bond acceptors (Lipinski definition) is 4. The molecular weight excluding hydrogens is 468 g/mol. The molecule has 0 N–H and O–H groups in total. The molecule has 4 heterocycles. The summed E-state index contributed by atoms with van der Waals surface area (Å²) in [5.41, 5.74) is 2.84. The molecular formula is C32H62N6. The van der Waals surface area contributed by atoms with Gasteiger partial charge in [-0.1, -0.05) is 27.7 Å². The van der Waals surface area contributed by atoms with E-state index in [9.17, 15) is 0 Å². The van der Waals surface area contributed by atoms with E-state index in [1.165, 1.54) is 64.7 Å². The van der Waals surface area contributed by atoms with E-state index in [4.69, 9.17) is 0 Å². The van der Waals surface area contributed by atoms with Gasteiger partial charge >= 0.3 is 0 Å². The molecule has 0 aliphatic carbocycles. The Labute approximate surface area is 236 Å². The minimum absolute atomic E-state index is 0. The van der Waals surface area contributed by atoms with Gasteiger partial charge in [0.05, 0.1) is 24.0 Å². The van der Waals surface area contributed by atoms with Crippen molar-refractivity contribution in [2.75, 3.05) is 26.2 Å². The minimum Gasteiger partial charge on any atom is -0.337 e. The zero-order valence-corrected chi connectivity index (χ0v) is 24.6. The highest BCUT2D eigenvalue weighted by molar-refractivity contribution is 4.94. The Balaban J connectivity index is 0.000000361. The van der Waals surface area contributed by atoms with Gasteiger partial charge in [0.15, 0.2) is 0 Å². The molecule has 2 saturated heterocycles. The lowest BCUT2D eigenvalue weighted by atomic mass is 10.0. The van der Waals surface area contributed by atoms with Crippen LogP contribution in [0.1, 0.15) is 106 Å². The van der Waals surface area contributed by atoms with E-state index < -0.39 is 0 Å². The quantitative estimate of drug-likeness (QED) is 0.411. The van der Waals surface area contributed by atoms with Crippen LogP contribution >= 0.6 is 0 Å². The minimum atomic E-state index is 0. The fourth-order valence-electron chi connectivity index (χ4n) is 5.72. The second-order valence-corrected chi connectivity index (χ2v) is 13.4. The molecule has 38 heavy (non-hydrogen) atoms. The number of aromatic nitrogens is 4. The van der Waals surface area contributed by atoms with E-state index in [0.717, 1.165) is 36.3 Å². The Bertz CT molecular complexity index is 825. The molecule has 2 unspecified atom stereocenters. The predicted octanol–water partition coefficient (Wildman–Crippen LogP) is 7.46. The molecule has 4 rings (SSSR count). The van der Waals surface area contributed by atoms with Gasteiger partial charge in [-0.3, -0.25) is 9.80 Å². The lowest BCUT2D eigenvalue weighted by Crippen LogP contribution is -2.44. The van der Waals surface area contributed by atoms with Gasteiger partial charge in [0.25, 0.3) is 0 Å². The van der Waals surface area contributed by atoms with Crippen molar-refractivity contribution in [1.82, 2.24) is 28.9 Å². The van der Waals surface area contributed by atoms with Crippen LogP contribution in [-0.4, -0.2) is 66.2 Å². The Morgan fingerprint density at radius 3 is 1.32 bits per heavy atom. The van der Waals surface area contributed by atoms with E-state index in [1.54, 1.807) is 0 Å². The highest BCUT2D eigenvalue weighted by Crippen LogP contribution is 2.25. The van der Waals surface area contributed by atoms with Crippen LogP contribution in [0.3, 0.4) is 0 Å². The van der Waals surface area contributed by atoms with E-state index in [2.05, 4.69) is 96.7 Å². The van der Waals surface area contributed by atoms with Gasteiger partial charge in [-0.2, -0.15) is 0 Å². The van der Waals surface area contributed by atoms with Gasteiger partial charge < -0.3 is 9.13 Å². The molecule has 6 heteroatoms. The number of nitrogens with zero attached hydrogens (tertiary/aromatic N) is 6. The fraction of sp³-hybridized carbons (Fsp3) is 0.812. The first-order valence-electron chi connectivity index (χ1n) is 14.4. The Hall–Kier alpha value is -1.66. The summed E-state index contributed by atoms with van der Waals surface area (Å²) in [6.07, 6.45) is 16.4. The lowest BCUT2D eigenvalue weighted by molar-refractivity contribution is 0.119. The number of imidazole rings is 2. The van der Waals surface area contributed by atoms with Crippen molar-refractivity contribution in [2.24, 2.45) is 11.8 Å².